The number of benzene rings is 1. The van der Waals surface area contributed by atoms with Crippen LogP contribution in [-0.4, -0.2) is 12.7 Å². The molecule has 0 bridgehead atoms. The molecule has 0 heterocycles. The molecule has 0 saturated carbocycles. The van der Waals surface area contributed by atoms with Crippen LogP contribution in [0.25, 0.3) is 0 Å². The van der Waals surface area contributed by atoms with Gasteiger partial charge >= 0.3 is 0 Å². The predicted octanol–water partition coefficient (Wildman–Crippen LogP) is 2.91. The van der Waals surface area contributed by atoms with E-state index in [1.807, 2.05) is 13.8 Å². The van der Waals surface area contributed by atoms with Crippen LogP contribution in [0.3, 0.4) is 0 Å². The zero-order valence-corrected chi connectivity index (χ0v) is 11.6. The van der Waals surface area contributed by atoms with Crippen LogP contribution in [0, 0.1) is 5.82 Å². The summed E-state index contributed by atoms with van der Waals surface area (Å²) < 4.78 is 20.2. The van der Waals surface area contributed by atoms with E-state index in [9.17, 15) is 4.39 Å². The minimum atomic E-state index is -0.350. The summed E-state index contributed by atoms with van der Waals surface area (Å²) in [5.74, 6) is 5.24. The van der Waals surface area contributed by atoms with Gasteiger partial charge in [-0.25, -0.2) is 4.39 Å². The Morgan fingerprint density at radius 1 is 1.47 bits per heavy atom. The number of ether oxygens (including phenoxy) is 1. The minimum Gasteiger partial charge on any atom is -0.376 e. The molecule has 96 valence electrons. The summed E-state index contributed by atoms with van der Waals surface area (Å²) in [5, 5.41) is 0. The van der Waals surface area contributed by atoms with Crippen molar-refractivity contribution in [3.63, 3.8) is 0 Å². The number of hydrogen-bond donors (Lipinski definition) is 2. The SMILES string of the molecule is CCOC(CC)C(NN)c1cc(Br)ccc1F. The van der Waals surface area contributed by atoms with Gasteiger partial charge in [-0.3, -0.25) is 11.3 Å². The van der Waals surface area contributed by atoms with Gasteiger partial charge in [0.05, 0.1) is 12.1 Å². The predicted molar refractivity (Wildman–Crippen MR) is 69.9 cm³/mol. The Bertz CT molecular complexity index is 362. The summed E-state index contributed by atoms with van der Waals surface area (Å²) in [6.45, 7) is 4.47. The van der Waals surface area contributed by atoms with E-state index in [1.165, 1.54) is 6.07 Å². The lowest BCUT2D eigenvalue weighted by atomic mass is 9.99. The second kappa shape index (κ2) is 7.06. The first-order chi connectivity index (χ1) is 8.13. The van der Waals surface area contributed by atoms with E-state index in [-0.39, 0.29) is 18.0 Å². The molecule has 0 aromatic heterocycles. The third-order valence-electron chi connectivity index (χ3n) is 2.63. The molecule has 0 fully saturated rings. The molecule has 0 aliphatic rings. The van der Waals surface area contributed by atoms with E-state index in [0.29, 0.717) is 12.2 Å². The molecule has 1 aromatic rings. The molecule has 0 aliphatic carbocycles. The van der Waals surface area contributed by atoms with Gasteiger partial charge in [0.2, 0.25) is 0 Å². The minimum absolute atomic E-state index is 0.145. The molecule has 0 amide bonds. The zero-order valence-electron chi connectivity index (χ0n) is 10.0. The number of halogens is 2. The van der Waals surface area contributed by atoms with Crippen molar-refractivity contribution in [2.45, 2.75) is 32.4 Å². The largest absolute Gasteiger partial charge is 0.376 e. The maximum atomic E-state index is 13.8. The Labute approximate surface area is 110 Å². The Hall–Kier alpha value is -0.490. The third-order valence-corrected chi connectivity index (χ3v) is 3.12. The number of hydrogen-bond acceptors (Lipinski definition) is 3. The fourth-order valence-corrected chi connectivity index (χ4v) is 2.19. The lowest BCUT2D eigenvalue weighted by Gasteiger charge is -2.26. The van der Waals surface area contributed by atoms with Gasteiger partial charge < -0.3 is 4.74 Å². The van der Waals surface area contributed by atoms with Gasteiger partial charge in [0.15, 0.2) is 0 Å². The molecular weight excluding hydrogens is 287 g/mol. The van der Waals surface area contributed by atoms with Crippen LogP contribution in [0.15, 0.2) is 22.7 Å². The molecule has 0 spiro atoms. The summed E-state index contributed by atoms with van der Waals surface area (Å²) in [6, 6.07) is 4.45. The Balaban J connectivity index is 3.02. The molecule has 0 radical (unpaired) electrons. The van der Waals surface area contributed by atoms with Crippen LogP contribution in [0.5, 0.6) is 0 Å². The summed E-state index contributed by atoms with van der Waals surface area (Å²) in [7, 11) is 0. The van der Waals surface area contributed by atoms with Gasteiger partial charge in [-0.1, -0.05) is 22.9 Å². The fraction of sp³-hybridized carbons (Fsp3) is 0.500. The highest BCUT2D eigenvalue weighted by atomic mass is 79.9. The van der Waals surface area contributed by atoms with Crippen molar-refractivity contribution in [3.05, 3.63) is 34.1 Å². The van der Waals surface area contributed by atoms with E-state index in [2.05, 4.69) is 21.4 Å². The van der Waals surface area contributed by atoms with E-state index in [4.69, 9.17) is 10.6 Å². The van der Waals surface area contributed by atoms with Gasteiger partial charge in [-0.2, -0.15) is 0 Å². The van der Waals surface area contributed by atoms with E-state index < -0.39 is 0 Å². The molecule has 0 saturated heterocycles. The Kier molecular flexibility index (Phi) is 6.05. The van der Waals surface area contributed by atoms with Crippen molar-refractivity contribution in [1.82, 2.24) is 5.43 Å². The van der Waals surface area contributed by atoms with Crippen LogP contribution in [0.2, 0.25) is 0 Å². The molecule has 5 heteroatoms. The first kappa shape index (κ1) is 14.6. The van der Waals surface area contributed by atoms with Gasteiger partial charge in [-0.05, 0) is 31.5 Å². The van der Waals surface area contributed by atoms with Crippen molar-refractivity contribution in [3.8, 4) is 0 Å². The van der Waals surface area contributed by atoms with Crippen molar-refractivity contribution >= 4 is 15.9 Å². The highest BCUT2D eigenvalue weighted by Crippen LogP contribution is 2.26. The summed E-state index contributed by atoms with van der Waals surface area (Å²) in [6.07, 6.45) is 0.614. The molecule has 17 heavy (non-hydrogen) atoms. The second-order valence-corrected chi connectivity index (χ2v) is 4.63. The first-order valence-electron chi connectivity index (χ1n) is 5.66. The lowest BCUT2D eigenvalue weighted by Crippen LogP contribution is -2.38. The Morgan fingerprint density at radius 2 is 2.18 bits per heavy atom. The highest BCUT2D eigenvalue weighted by molar-refractivity contribution is 9.10. The molecule has 2 atom stereocenters. The quantitative estimate of drug-likeness (QED) is 0.627. The smallest absolute Gasteiger partial charge is 0.128 e. The summed E-state index contributed by atoms with van der Waals surface area (Å²) in [5.41, 5.74) is 3.15. The zero-order chi connectivity index (χ0) is 12.8. The highest BCUT2D eigenvalue weighted by Gasteiger charge is 2.23. The molecule has 1 aromatic carbocycles. The summed E-state index contributed by atoms with van der Waals surface area (Å²) in [4.78, 5) is 0. The van der Waals surface area contributed by atoms with Gasteiger partial charge in [-0.15, -0.1) is 0 Å². The fourth-order valence-electron chi connectivity index (χ4n) is 1.81. The summed E-state index contributed by atoms with van der Waals surface area (Å²) >= 11 is 3.33. The normalized spacial score (nSPS) is 14.6. The third kappa shape index (κ3) is 3.74. The first-order valence-corrected chi connectivity index (χ1v) is 6.46. The van der Waals surface area contributed by atoms with Gasteiger partial charge in [0, 0.05) is 16.6 Å². The average molecular weight is 305 g/mol. The monoisotopic (exact) mass is 304 g/mol. The van der Waals surface area contributed by atoms with Crippen molar-refractivity contribution in [2.75, 3.05) is 6.61 Å². The number of rotatable bonds is 6. The maximum Gasteiger partial charge on any atom is 0.128 e. The van der Waals surface area contributed by atoms with Crippen molar-refractivity contribution in [2.24, 2.45) is 5.84 Å². The van der Waals surface area contributed by atoms with E-state index >= 15 is 0 Å². The van der Waals surface area contributed by atoms with E-state index in [0.717, 1.165) is 10.9 Å². The van der Waals surface area contributed by atoms with Crippen molar-refractivity contribution < 1.29 is 9.13 Å². The number of nitrogens with two attached hydrogens (primary N) is 1. The van der Waals surface area contributed by atoms with Crippen LogP contribution in [-0.2, 0) is 4.74 Å². The molecule has 3 N–H and O–H groups in total. The van der Waals surface area contributed by atoms with E-state index in [1.54, 1.807) is 12.1 Å². The number of hydrazine groups is 1. The lowest BCUT2D eigenvalue weighted by molar-refractivity contribution is 0.0305. The van der Waals surface area contributed by atoms with Crippen LogP contribution < -0.4 is 11.3 Å². The van der Waals surface area contributed by atoms with Crippen molar-refractivity contribution in [1.29, 1.82) is 0 Å². The second-order valence-electron chi connectivity index (χ2n) is 3.71. The standard InChI is InChI=1S/C12H18BrFN2O/c1-3-11(17-4-2)12(16-15)9-7-8(13)5-6-10(9)14/h5-7,11-12,16H,3-4,15H2,1-2H3. The Morgan fingerprint density at radius 3 is 2.71 bits per heavy atom. The maximum absolute atomic E-state index is 13.8. The number of nitrogens with one attached hydrogen (secondary N) is 1. The molecule has 2 unspecified atom stereocenters. The van der Waals surface area contributed by atoms with Crippen LogP contribution in [0.4, 0.5) is 4.39 Å². The average Bonchev–Trinajstić information content (AvgIpc) is 2.33. The topological polar surface area (TPSA) is 47.3 Å². The van der Waals surface area contributed by atoms with Crippen LogP contribution in [0.1, 0.15) is 31.9 Å². The molecule has 1 rings (SSSR count). The van der Waals surface area contributed by atoms with Crippen LogP contribution >= 0.6 is 15.9 Å². The molecule has 3 nitrogen and oxygen atoms in total. The van der Waals surface area contributed by atoms with Gasteiger partial charge in [0.25, 0.3) is 0 Å². The molecule has 0 aliphatic heterocycles. The molecular formula is C12H18BrFN2O. The van der Waals surface area contributed by atoms with Gasteiger partial charge in [0.1, 0.15) is 5.82 Å².